The van der Waals surface area contributed by atoms with Gasteiger partial charge in [-0.2, -0.15) is 4.98 Å². The number of likely N-dealkylation sites (N-methyl/N-ethyl adjacent to an activating group) is 1. The zero-order chi connectivity index (χ0) is 16.9. The van der Waals surface area contributed by atoms with E-state index in [0.29, 0.717) is 37.4 Å². The molecule has 2 atom stereocenters. The number of nitrogens with one attached hydrogen (secondary N) is 1. The maximum absolute atomic E-state index is 12.1. The molecule has 0 unspecified atom stereocenters. The van der Waals surface area contributed by atoms with Crippen molar-refractivity contribution >= 4 is 5.91 Å². The largest absolute Gasteiger partial charge is 0.376 e. The van der Waals surface area contributed by atoms with Crippen molar-refractivity contribution in [2.45, 2.75) is 44.9 Å². The van der Waals surface area contributed by atoms with E-state index < -0.39 is 0 Å². The Balaban J connectivity index is 1.37. The third-order valence-electron chi connectivity index (χ3n) is 4.75. The second kappa shape index (κ2) is 8.04. The van der Waals surface area contributed by atoms with Gasteiger partial charge in [0.2, 0.25) is 11.8 Å². The first-order valence-electron chi connectivity index (χ1n) is 8.70. The van der Waals surface area contributed by atoms with E-state index in [-0.39, 0.29) is 12.0 Å². The van der Waals surface area contributed by atoms with Crippen LogP contribution in [0.2, 0.25) is 0 Å². The van der Waals surface area contributed by atoms with Crippen molar-refractivity contribution in [1.29, 1.82) is 0 Å². The summed E-state index contributed by atoms with van der Waals surface area (Å²) in [6.45, 7) is 6.20. The van der Waals surface area contributed by atoms with Gasteiger partial charge in [-0.25, -0.2) is 0 Å². The van der Waals surface area contributed by atoms with Gasteiger partial charge in [-0.3, -0.25) is 14.6 Å². The molecule has 3 rings (SSSR count). The van der Waals surface area contributed by atoms with Gasteiger partial charge in [-0.1, -0.05) is 5.16 Å². The number of aryl methyl sites for hydroxylation is 1. The van der Waals surface area contributed by atoms with Crippen LogP contribution in [-0.4, -0.2) is 77.8 Å². The normalized spacial score (nSPS) is 24.8. The molecule has 24 heavy (non-hydrogen) atoms. The van der Waals surface area contributed by atoms with Crippen molar-refractivity contribution in [3.05, 3.63) is 11.7 Å². The average Bonchev–Trinajstić information content (AvgIpc) is 3.27. The Kier molecular flexibility index (Phi) is 5.80. The summed E-state index contributed by atoms with van der Waals surface area (Å²) in [5.74, 6) is 1.39. The van der Waals surface area contributed by atoms with E-state index in [4.69, 9.17) is 9.26 Å². The standard InChI is InChI=1S/C16H27N5O3/c1-12-18-15(19-24-12)10-20(2)13-5-6-21(9-13)11-16(22)17-8-14-4-3-7-23-14/h13-14H,3-11H2,1-2H3,(H,17,22)/t13-,14+/m1/s1. The minimum atomic E-state index is 0.0857. The van der Waals surface area contributed by atoms with Crippen LogP contribution >= 0.6 is 0 Å². The Labute approximate surface area is 142 Å². The molecule has 2 aliphatic rings. The van der Waals surface area contributed by atoms with Gasteiger partial charge >= 0.3 is 0 Å². The molecule has 2 aliphatic heterocycles. The minimum Gasteiger partial charge on any atom is -0.376 e. The van der Waals surface area contributed by atoms with Crippen LogP contribution in [0.15, 0.2) is 4.52 Å². The topological polar surface area (TPSA) is 83.7 Å². The fourth-order valence-corrected chi connectivity index (χ4v) is 3.37. The van der Waals surface area contributed by atoms with E-state index in [9.17, 15) is 4.79 Å². The van der Waals surface area contributed by atoms with Gasteiger partial charge in [0.05, 0.1) is 19.2 Å². The van der Waals surface area contributed by atoms with Gasteiger partial charge in [0.25, 0.3) is 0 Å². The SMILES string of the molecule is Cc1nc(CN(C)[C@@H]2CCN(CC(=O)NC[C@@H]3CCCO3)C2)no1. The number of carbonyl (C=O) groups excluding carboxylic acids is 1. The summed E-state index contributed by atoms with van der Waals surface area (Å²) in [6, 6.07) is 0.412. The molecule has 1 aromatic heterocycles. The first kappa shape index (κ1) is 17.3. The second-order valence-corrected chi connectivity index (χ2v) is 6.76. The highest BCUT2D eigenvalue weighted by Gasteiger charge is 2.27. The molecule has 2 fully saturated rings. The number of likely N-dealkylation sites (tertiary alicyclic amines) is 1. The Morgan fingerprint density at radius 2 is 2.33 bits per heavy atom. The molecule has 0 aliphatic carbocycles. The molecule has 1 aromatic rings. The number of amides is 1. The van der Waals surface area contributed by atoms with Crippen LogP contribution in [-0.2, 0) is 16.1 Å². The van der Waals surface area contributed by atoms with Crippen molar-refractivity contribution in [3.63, 3.8) is 0 Å². The van der Waals surface area contributed by atoms with Gasteiger partial charge in [-0.15, -0.1) is 0 Å². The molecule has 8 nitrogen and oxygen atoms in total. The van der Waals surface area contributed by atoms with Crippen LogP contribution in [0.1, 0.15) is 31.0 Å². The predicted molar refractivity (Wildman–Crippen MR) is 87.3 cm³/mol. The van der Waals surface area contributed by atoms with E-state index in [1.165, 1.54) is 0 Å². The van der Waals surface area contributed by atoms with Crippen molar-refractivity contribution in [2.75, 3.05) is 39.8 Å². The molecule has 8 heteroatoms. The van der Waals surface area contributed by atoms with E-state index in [1.807, 2.05) is 0 Å². The molecular weight excluding hydrogens is 310 g/mol. The van der Waals surface area contributed by atoms with Gasteiger partial charge in [0.1, 0.15) is 0 Å². The number of nitrogens with zero attached hydrogens (tertiary/aromatic N) is 4. The third kappa shape index (κ3) is 4.75. The fourth-order valence-electron chi connectivity index (χ4n) is 3.37. The molecule has 2 saturated heterocycles. The fraction of sp³-hybridized carbons (Fsp3) is 0.812. The number of hydrogen-bond acceptors (Lipinski definition) is 7. The molecule has 134 valence electrons. The molecule has 0 aromatic carbocycles. The molecule has 0 radical (unpaired) electrons. The van der Waals surface area contributed by atoms with Gasteiger partial charge in [0.15, 0.2) is 5.82 Å². The Morgan fingerprint density at radius 3 is 3.04 bits per heavy atom. The van der Waals surface area contributed by atoms with Gasteiger partial charge < -0.3 is 14.6 Å². The summed E-state index contributed by atoms with van der Waals surface area (Å²) in [7, 11) is 2.07. The minimum absolute atomic E-state index is 0.0857. The van der Waals surface area contributed by atoms with E-state index in [1.54, 1.807) is 6.92 Å². The lowest BCUT2D eigenvalue weighted by molar-refractivity contribution is -0.122. The van der Waals surface area contributed by atoms with E-state index in [0.717, 1.165) is 39.0 Å². The summed E-state index contributed by atoms with van der Waals surface area (Å²) in [5, 5.41) is 6.93. The number of rotatable bonds is 7. The lowest BCUT2D eigenvalue weighted by Gasteiger charge is -2.23. The zero-order valence-corrected chi connectivity index (χ0v) is 14.5. The number of hydrogen-bond donors (Lipinski definition) is 1. The number of aromatic nitrogens is 2. The molecule has 1 N–H and O–H groups in total. The molecular formula is C16H27N5O3. The summed E-state index contributed by atoms with van der Waals surface area (Å²) in [6.07, 6.45) is 3.39. The smallest absolute Gasteiger partial charge is 0.234 e. The van der Waals surface area contributed by atoms with Gasteiger partial charge in [-0.05, 0) is 26.3 Å². The van der Waals surface area contributed by atoms with Crippen LogP contribution < -0.4 is 5.32 Å². The summed E-state index contributed by atoms with van der Waals surface area (Å²) in [4.78, 5) is 20.7. The van der Waals surface area contributed by atoms with Crippen molar-refractivity contribution < 1.29 is 14.1 Å². The lowest BCUT2D eigenvalue weighted by atomic mass is 10.2. The van der Waals surface area contributed by atoms with Crippen LogP contribution in [0.4, 0.5) is 0 Å². The summed E-state index contributed by atoms with van der Waals surface area (Å²) in [5.41, 5.74) is 0. The van der Waals surface area contributed by atoms with Crippen LogP contribution in [0.25, 0.3) is 0 Å². The Bertz CT molecular complexity index is 544. The van der Waals surface area contributed by atoms with E-state index in [2.05, 4.69) is 32.3 Å². The number of carbonyl (C=O) groups is 1. The predicted octanol–water partition coefficient (Wildman–Crippen LogP) is 0.179. The van der Waals surface area contributed by atoms with Gasteiger partial charge in [0, 0.05) is 39.2 Å². The van der Waals surface area contributed by atoms with Crippen LogP contribution in [0.3, 0.4) is 0 Å². The molecule has 0 saturated carbocycles. The highest BCUT2D eigenvalue weighted by atomic mass is 16.5. The van der Waals surface area contributed by atoms with Crippen molar-refractivity contribution in [3.8, 4) is 0 Å². The highest BCUT2D eigenvalue weighted by molar-refractivity contribution is 5.78. The van der Waals surface area contributed by atoms with Crippen LogP contribution in [0, 0.1) is 6.92 Å². The highest BCUT2D eigenvalue weighted by Crippen LogP contribution is 2.16. The zero-order valence-electron chi connectivity index (χ0n) is 14.5. The summed E-state index contributed by atoms with van der Waals surface area (Å²) >= 11 is 0. The van der Waals surface area contributed by atoms with Crippen molar-refractivity contribution in [2.24, 2.45) is 0 Å². The molecule has 0 spiro atoms. The molecule has 0 bridgehead atoms. The quantitative estimate of drug-likeness (QED) is 0.760. The maximum Gasteiger partial charge on any atom is 0.234 e. The Morgan fingerprint density at radius 1 is 1.46 bits per heavy atom. The Hall–Kier alpha value is -1.51. The third-order valence-corrected chi connectivity index (χ3v) is 4.75. The first-order valence-corrected chi connectivity index (χ1v) is 8.70. The summed E-state index contributed by atoms with van der Waals surface area (Å²) < 4.78 is 10.5. The molecule has 3 heterocycles. The van der Waals surface area contributed by atoms with Crippen LogP contribution in [0.5, 0.6) is 0 Å². The monoisotopic (exact) mass is 337 g/mol. The lowest BCUT2D eigenvalue weighted by Crippen LogP contribution is -2.41. The number of ether oxygens (including phenoxy) is 1. The van der Waals surface area contributed by atoms with Crippen molar-refractivity contribution in [1.82, 2.24) is 25.3 Å². The maximum atomic E-state index is 12.1. The molecule has 1 amide bonds. The van der Waals surface area contributed by atoms with E-state index >= 15 is 0 Å². The average molecular weight is 337 g/mol. The second-order valence-electron chi connectivity index (χ2n) is 6.76. The first-order chi connectivity index (χ1) is 11.6.